The molecule has 2 aromatic carbocycles. The molecule has 1 atom stereocenters. The van der Waals surface area contributed by atoms with Crippen LogP contribution in [0.2, 0.25) is 0 Å². The maximum atomic E-state index is 13.8. The van der Waals surface area contributed by atoms with E-state index in [1.54, 1.807) is 49.7 Å². The topological polar surface area (TPSA) is 81.9 Å². The predicted octanol–water partition coefficient (Wildman–Crippen LogP) is 4.96. The van der Waals surface area contributed by atoms with Crippen LogP contribution in [-0.4, -0.2) is 24.6 Å². The number of rotatable bonds is 5. The third-order valence-corrected chi connectivity index (χ3v) is 6.19. The van der Waals surface area contributed by atoms with E-state index in [4.69, 9.17) is 13.9 Å². The van der Waals surface area contributed by atoms with Gasteiger partial charge in [0.05, 0.1) is 30.7 Å². The van der Waals surface area contributed by atoms with E-state index in [2.05, 4.69) is 4.98 Å². The number of methoxy groups -OCH3 is 1. The van der Waals surface area contributed by atoms with Crippen molar-refractivity contribution in [3.63, 3.8) is 0 Å². The highest BCUT2D eigenvalue weighted by Gasteiger charge is 2.44. The van der Waals surface area contributed by atoms with Gasteiger partial charge in [-0.1, -0.05) is 12.1 Å². The number of pyridine rings is 1. The Bertz CT molecular complexity index is 1480. The number of nitrogens with zero attached hydrogens (tertiary/aromatic N) is 2. The lowest BCUT2D eigenvalue weighted by molar-refractivity contribution is 0.0970. The first kappa shape index (κ1) is 21.7. The molecule has 0 N–H and O–H groups in total. The molecular formula is C27H24N2O5. The third-order valence-electron chi connectivity index (χ3n) is 6.19. The number of anilines is 1. The summed E-state index contributed by atoms with van der Waals surface area (Å²) in [6, 6.07) is 13.6. The molecule has 0 radical (unpaired) electrons. The second-order valence-corrected chi connectivity index (χ2v) is 8.22. The summed E-state index contributed by atoms with van der Waals surface area (Å²) in [5, 5.41) is 0.445. The van der Waals surface area contributed by atoms with E-state index >= 15 is 0 Å². The Morgan fingerprint density at radius 2 is 1.82 bits per heavy atom. The molecule has 4 aromatic rings. The van der Waals surface area contributed by atoms with Crippen molar-refractivity contribution in [3.8, 4) is 11.5 Å². The summed E-state index contributed by atoms with van der Waals surface area (Å²) in [7, 11) is 1.55. The van der Waals surface area contributed by atoms with E-state index in [0.29, 0.717) is 40.5 Å². The van der Waals surface area contributed by atoms with Crippen LogP contribution in [0.3, 0.4) is 0 Å². The van der Waals surface area contributed by atoms with Crippen LogP contribution < -0.4 is 19.8 Å². The maximum absolute atomic E-state index is 13.8. The highest BCUT2D eigenvalue weighted by Crippen LogP contribution is 2.42. The lowest BCUT2D eigenvalue weighted by Gasteiger charge is -2.24. The van der Waals surface area contributed by atoms with E-state index < -0.39 is 11.9 Å². The summed E-state index contributed by atoms with van der Waals surface area (Å²) in [6.45, 7) is 6.26. The number of hydrogen-bond acceptors (Lipinski definition) is 6. The first-order valence-corrected chi connectivity index (χ1v) is 11.1. The summed E-state index contributed by atoms with van der Waals surface area (Å²) in [4.78, 5) is 33.3. The number of aromatic nitrogens is 1. The molecule has 0 saturated heterocycles. The summed E-state index contributed by atoms with van der Waals surface area (Å²) in [6.07, 6.45) is 1.61. The van der Waals surface area contributed by atoms with Crippen LogP contribution in [-0.2, 0) is 0 Å². The van der Waals surface area contributed by atoms with Crippen molar-refractivity contribution in [1.82, 2.24) is 4.98 Å². The van der Waals surface area contributed by atoms with Gasteiger partial charge in [-0.3, -0.25) is 14.5 Å². The van der Waals surface area contributed by atoms with Crippen LogP contribution >= 0.6 is 0 Å². The average molecular weight is 456 g/mol. The van der Waals surface area contributed by atoms with Crippen LogP contribution in [0.15, 0.2) is 63.9 Å². The highest BCUT2D eigenvalue weighted by molar-refractivity contribution is 6.10. The quantitative estimate of drug-likeness (QED) is 0.422. The second kappa shape index (κ2) is 8.33. The number of fused-ring (bicyclic) bond motifs is 2. The van der Waals surface area contributed by atoms with Crippen molar-refractivity contribution in [1.29, 1.82) is 0 Å². The molecule has 1 aliphatic rings. The molecule has 1 unspecified atom stereocenters. The number of benzene rings is 2. The standard InChI is InChI=1S/C27H24N2O5/c1-5-33-19-10-9-17(14-21(19)32-4)24-23-25(30)18-12-15(2)16(3)13-20(18)34-26(23)27(31)29(24)22-8-6-7-11-28-22/h6-14,24H,5H2,1-4H3. The minimum Gasteiger partial charge on any atom is -0.493 e. The molecule has 2 aromatic heterocycles. The summed E-state index contributed by atoms with van der Waals surface area (Å²) in [5.74, 6) is 1.14. The zero-order valence-electron chi connectivity index (χ0n) is 19.4. The van der Waals surface area contributed by atoms with Crippen molar-refractivity contribution in [2.45, 2.75) is 26.8 Å². The van der Waals surface area contributed by atoms with Crippen LogP contribution in [0.5, 0.6) is 11.5 Å². The summed E-state index contributed by atoms with van der Waals surface area (Å²) < 4.78 is 17.3. The molecular weight excluding hydrogens is 432 g/mol. The Hall–Kier alpha value is -4.13. The Morgan fingerprint density at radius 1 is 1.03 bits per heavy atom. The van der Waals surface area contributed by atoms with Crippen LogP contribution in [0, 0.1) is 13.8 Å². The summed E-state index contributed by atoms with van der Waals surface area (Å²) >= 11 is 0. The number of hydrogen-bond donors (Lipinski definition) is 0. The van der Waals surface area contributed by atoms with Gasteiger partial charge in [-0.25, -0.2) is 4.98 Å². The van der Waals surface area contributed by atoms with Crippen LogP contribution in [0.1, 0.15) is 45.8 Å². The van der Waals surface area contributed by atoms with Gasteiger partial charge >= 0.3 is 0 Å². The monoisotopic (exact) mass is 456 g/mol. The number of carbonyl (C=O) groups is 1. The minimum atomic E-state index is -0.732. The molecule has 0 aliphatic carbocycles. The number of aryl methyl sites for hydroxylation is 2. The van der Waals surface area contributed by atoms with Gasteiger partial charge in [0.1, 0.15) is 11.4 Å². The van der Waals surface area contributed by atoms with E-state index in [0.717, 1.165) is 11.1 Å². The zero-order chi connectivity index (χ0) is 24.0. The van der Waals surface area contributed by atoms with Crippen molar-refractivity contribution >= 4 is 22.7 Å². The van der Waals surface area contributed by atoms with Crippen molar-refractivity contribution in [2.24, 2.45) is 0 Å². The smallest absolute Gasteiger partial charge is 0.296 e. The van der Waals surface area contributed by atoms with E-state index in [-0.39, 0.29) is 16.8 Å². The molecule has 7 heteroatoms. The molecule has 1 aliphatic heterocycles. The molecule has 3 heterocycles. The van der Waals surface area contributed by atoms with E-state index in [9.17, 15) is 9.59 Å². The fourth-order valence-electron chi connectivity index (χ4n) is 4.40. The molecule has 7 nitrogen and oxygen atoms in total. The Kier molecular flexibility index (Phi) is 5.32. The first-order chi connectivity index (χ1) is 16.4. The molecule has 5 rings (SSSR count). The van der Waals surface area contributed by atoms with Gasteiger partial charge in [-0.05, 0) is 73.9 Å². The minimum absolute atomic E-state index is 0.0317. The average Bonchev–Trinajstić information content (AvgIpc) is 3.14. The molecule has 172 valence electrons. The Balaban J connectivity index is 1.80. The van der Waals surface area contributed by atoms with Gasteiger partial charge in [0.2, 0.25) is 5.76 Å². The fraction of sp³-hybridized carbons (Fsp3) is 0.222. The third kappa shape index (κ3) is 3.32. The molecule has 0 spiro atoms. The van der Waals surface area contributed by atoms with Gasteiger partial charge in [-0.15, -0.1) is 0 Å². The van der Waals surface area contributed by atoms with Crippen molar-refractivity contribution in [3.05, 3.63) is 93.0 Å². The Labute approximate surface area is 196 Å². The molecule has 34 heavy (non-hydrogen) atoms. The van der Waals surface area contributed by atoms with Crippen LogP contribution in [0.25, 0.3) is 11.0 Å². The fourth-order valence-corrected chi connectivity index (χ4v) is 4.40. The van der Waals surface area contributed by atoms with Crippen molar-refractivity contribution in [2.75, 3.05) is 18.6 Å². The zero-order valence-corrected chi connectivity index (χ0v) is 19.4. The number of carbonyl (C=O) groups excluding carboxylic acids is 1. The van der Waals surface area contributed by atoms with Gasteiger partial charge in [0.15, 0.2) is 16.9 Å². The van der Waals surface area contributed by atoms with Crippen molar-refractivity contribution < 1.29 is 18.7 Å². The van der Waals surface area contributed by atoms with Gasteiger partial charge in [-0.2, -0.15) is 0 Å². The largest absolute Gasteiger partial charge is 0.493 e. The van der Waals surface area contributed by atoms with Gasteiger partial charge in [0, 0.05) is 6.20 Å². The molecule has 0 bridgehead atoms. The lowest BCUT2D eigenvalue weighted by atomic mass is 9.97. The Morgan fingerprint density at radius 3 is 2.53 bits per heavy atom. The van der Waals surface area contributed by atoms with Gasteiger partial charge < -0.3 is 13.9 Å². The summed E-state index contributed by atoms with van der Waals surface area (Å²) in [5.41, 5.74) is 3.10. The van der Waals surface area contributed by atoms with Gasteiger partial charge in [0.25, 0.3) is 5.91 Å². The first-order valence-electron chi connectivity index (χ1n) is 11.1. The predicted molar refractivity (Wildman–Crippen MR) is 129 cm³/mol. The molecule has 0 saturated carbocycles. The molecule has 0 fully saturated rings. The highest BCUT2D eigenvalue weighted by atomic mass is 16.5. The lowest BCUT2D eigenvalue weighted by Crippen LogP contribution is -2.30. The molecule has 1 amide bonds. The number of amides is 1. The van der Waals surface area contributed by atoms with E-state index in [1.165, 1.54) is 4.90 Å². The van der Waals surface area contributed by atoms with Crippen LogP contribution in [0.4, 0.5) is 5.82 Å². The SMILES string of the molecule is CCOc1ccc(C2c3c(oc4cc(C)c(C)cc4c3=O)C(=O)N2c2ccccn2)cc1OC. The maximum Gasteiger partial charge on any atom is 0.296 e. The van der Waals surface area contributed by atoms with E-state index in [1.807, 2.05) is 32.9 Å². The number of ether oxygens (including phenoxy) is 2. The normalized spacial score (nSPS) is 15.0. The second-order valence-electron chi connectivity index (χ2n) is 8.22.